The van der Waals surface area contributed by atoms with E-state index in [1.54, 1.807) is 0 Å². The SMILES string of the molecule is CS(=O)(=O)N1c2ccccc2C=CC1c1ccccc1. The Morgan fingerprint density at radius 1 is 0.950 bits per heavy atom. The Labute approximate surface area is 119 Å². The summed E-state index contributed by atoms with van der Waals surface area (Å²) in [5.74, 6) is 0. The van der Waals surface area contributed by atoms with E-state index < -0.39 is 10.0 Å². The van der Waals surface area contributed by atoms with Crippen LogP contribution in [0.5, 0.6) is 0 Å². The molecule has 3 rings (SSSR count). The number of anilines is 1. The highest BCUT2D eigenvalue weighted by atomic mass is 32.2. The fraction of sp³-hybridized carbons (Fsp3) is 0.125. The van der Waals surface area contributed by atoms with Gasteiger partial charge in [0.2, 0.25) is 10.0 Å². The van der Waals surface area contributed by atoms with Crippen LogP contribution in [-0.2, 0) is 10.0 Å². The van der Waals surface area contributed by atoms with Crippen molar-refractivity contribution in [2.24, 2.45) is 0 Å². The molecular weight excluding hydrogens is 270 g/mol. The van der Waals surface area contributed by atoms with Gasteiger partial charge in [0.15, 0.2) is 0 Å². The highest BCUT2D eigenvalue weighted by molar-refractivity contribution is 7.92. The van der Waals surface area contributed by atoms with Gasteiger partial charge in [-0.15, -0.1) is 0 Å². The lowest BCUT2D eigenvalue weighted by Crippen LogP contribution is -2.35. The Kier molecular flexibility index (Phi) is 3.10. The molecule has 0 saturated carbocycles. The molecule has 20 heavy (non-hydrogen) atoms. The summed E-state index contributed by atoms with van der Waals surface area (Å²) in [4.78, 5) is 0. The highest BCUT2D eigenvalue weighted by Crippen LogP contribution is 2.37. The molecule has 2 aromatic rings. The van der Waals surface area contributed by atoms with E-state index in [2.05, 4.69) is 0 Å². The summed E-state index contributed by atoms with van der Waals surface area (Å²) >= 11 is 0. The van der Waals surface area contributed by atoms with Gasteiger partial charge in [-0.3, -0.25) is 4.31 Å². The van der Waals surface area contributed by atoms with Crippen molar-refractivity contribution in [2.45, 2.75) is 6.04 Å². The van der Waals surface area contributed by atoms with Crippen molar-refractivity contribution in [3.8, 4) is 0 Å². The summed E-state index contributed by atoms with van der Waals surface area (Å²) < 4.78 is 25.9. The third-order valence-corrected chi connectivity index (χ3v) is 4.52. The summed E-state index contributed by atoms with van der Waals surface area (Å²) in [5, 5.41) is 0. The van der Waals surface area contributed by atoms with Crippen molar-refractivity contribution >= 4 is 21.8 Å². The van der Waals surface area contributed by atoms with Crippen molar-refractivity contribution in [3.63, 3.8) is 0 Å². The van der Waals surface area contributed by atoms with Crippen LogP contribution in [0.3, 0.4) is 0 Å². The molecule has 2 aromatic carbocycles. The largest absolute Gasteiger partial charge is 0.259 e. The van der Waals surface area contributed by atoms with Crippen LogP contribution < -0.4 is 4.31 Å². The van der Waals surface area contributed by atoms with Gasteiger partial charge in [-0.1, -0.05) is 60.7 Å². The van der Waals surface area contributed by atoms with Crippen LogP contribution in [0.25, 0.3) is 6.08 Å². The van der Waals surface area contributed by atoms with Crippen molar-refractivity contribution in [1.29, 1.82) is 0 Å². The maximum atomic E-state index is 12.2. The first-order chi connectivity index (χ1) is 9.57. The molecule has 4 heteroatoms. The lowest BCUT2D eigenvalue weighted by atomic mass is 10.00. The first-order valence-corrected chi connectivity index (χ1v) is 8.24. The van der Waals surface area contributed by atoms with Crippen molar-refractivity contribution in [2.75, 3.05) is 10.6 Å². The molecule has 1 atom stereocenters. The predicted octanol–water partition coefficient (Wildman–Crippen LogP) is 3.22. The van der Waals surface area contributed by atoms with Crippen molar-refractivity contribution in [1.82, 2.24) is 0 Å². The Bertz CT molecular complexity index is 751. The second kappa shape index (κ2) is 4.80. The number of sulfonamides is 1. The van der Waals surface area contributed by atoms with Gasteiger partial charge in [-0.2, -0.15) is 0 Å². The smallest absolute Gasteiger partial charge is 0.233 e. The van der Waals surface area contributed by atoms with Gasteiger partial charge < -0.3 is 0 Å². The average Bonchev–Trinajstić information content (AvgIpc) is 2.46. The first kappa shape index (κ1) is 12.9. The fourth-order valence-electron chi connectivity index (χ4n) is 2.53. The quantitative estimate of drug-likeness (QED) is 0.849. The molecule has 0 radical (unpaired) electrons. The Morgan fingerprint density at radius 2 is 1.60 bits per heavy atom. The summed E-state index contributed by atoms with van der Waals surface area (Å²) in [6.07, 6.45) is 5.16. The van der Waals surface area contributed by atoms with Gasteiger partial charge in [0, 0.05) is 0 Å². The molecule has 0 saturated heterocycles. The molecule has 1 unspecified atom stereocenters. The van der Waals surface area contributed by atoms with Crippen LogP contribution in [0.1, 0.15) is 17.2 Å². The molecule has 0 aliphatic carbocycles. The maximum Gasteiger partial charge on any atom is 0.233 e. The zero-order valence-electron chi connectivity index (χ0n) is 11.1. The van der Waals surface area contributed by atoms with Gasteiger partial charge in [0.1, 0.15) is 0 Å². The summed E-state index contributed by atoms with van der Waals surface area (Å²) in [7, 11) is -3.35. The third-order valence-electron chi connectivity index (χ3n) is 3.38. The standard InChI is InChI=1S/C16H15NO2S/c1-20(18,19)17-15-10-6-5-9-14(15)11-12-16(17)13-7-3-2-4-8-13/h2-12,16H,1H3. The van der Waals surface area contributed by atoms with E-state index in [1.807, 2.05) is 66.7 Å². The van der Waals surface area contributed by atoms with Crippen LogP contribution in [-0.4, -0.2) is 14.7 Å². The van der Waals surface area contributed by atoms with Crippen LogP contribution >= 0.6 is 0 Å². The normalized spacial score (nSPS) is 17.9. The van der Waals surface area contributed by atoms with Crippen LogP contribution in [0.2, 0.25) is 0 Å². The van der Waals surface area contributed by atoms with Crippen LogP contribution in [0.15, 0.2) is 60.7 Å². The highest BCUT2D eigenvalue weighted by Gasteiger charge is 2.30. The summed E-state index contributed by atoms with van der Waals surface area (Å²) in [5.41, 5.74) is 2.61. The Hall–Kier alpha value is -2.07. The first-order valence-electron chi connectivity index (χ1n) is 6.39. The summed E-state index contributed by atoms with van der Waals surface area (Å²) in [6.45, 7) is 0. The number of hydrogen-bond donors (Lipinski definition) is 0. The number of benzene rings is 2. The molecule has 3 nitrogen and oxygen atoms in total. The molecule has 0 amide bonds. The van der Waals surface area contributed by atoms with Crippen molar-refractivity contribution in [3.05, 3.63) is 71.8 Å². The van der Waals surface area contributed by atoms with E-state index in [4.69, 9.17) is 0 Å². The Balaban J connectivity index is 2.18. The monoisotopic (exact) mass is 285 g/mol. The predicted molar refractivity (Wildman–Crippen MR) is 82.0 cm³/mol. The van der Waals surface area contributed by atoms with Crippen LogP contribution in [0.4, 0.5) is 5.69 Å². The molecule has 0 aromatic heterocycles. The van der Waals surface area contributed by atoms with E-state index in [1.165, 1.54) is 10.6 Å². The molecule has 0 fully saturated rings. The maximum absolute atomic E-state index is 12.2. The number of hydrogen-bond acceptors (Lipinski definition) is 2. The number of nitrogens with zero attached hydrogens (tertiary/aromatic N) is 1. The number of fused-ring (bicyclic) bond motifs is 1. The van der Waals surface area contributed by atoms with Gasteiger partial charge in [-0.05, 0) is 17.2 Å². The second-order valence-corrected chi connectivity index (χ2v) is 6.69. The molecule has 0 bridgehead atoms. The molecule has 1 heterocycles. The zero-order valence-corrected chi connectivity index (χ0v) is 11.9. The number of para-hydroxylation sites is 1. The molecule has 1 aliphatic rings. The Morgan fingerprint density at radius 3 is 2.30 bits per heavy atom. The zero-order chi connectivity index (χ0) is 14.2. The molecule has 0 N–H and O–H groups in total. The van der Waals surface area contributed by atoms with Crippen LogP contribution in [0, 0.1) is 0 Å². The lowest BCUT2D eigenvalue weighted by Gasteiger charge is -2.33. The second-order valence-electron chi connectivity index (χ2n) is 4.83. The van der Waals surface area contributed by atoms with E-state index in [0.29, 0.717) is 0 Å². The number of rotatable bonds is 2. The topological polar surface area (TPSA) is 37.4 Å². The van der Waals surface area contributed by atoms with Gasteiger partial charge in [-0.25, -0.2) is 8.42 Å². The fourth-order valence-corrected chi connectivity index (χ4v) is 3.66. The van der Waals surface area contributed by atoms with E-state index in [-0.39, 0.29) is 6.04 Å². The van der Waals surface area contributed by atoms with Gasteiger partial charge in [0.05, 0.1) is 18.0 Å². The minimum Gasteiger partial charge on any atom is -0.259 e. The van der Waals surface area contributed by atoms with Gasteiger partial charge >= 0.3 is 0 Å². The minimum absolute atomic E-state index is 0.291. The third kappa shape index (κ3) is 2.23. The molecular formula is C16H15NO2S. The molecule has 0 spiro atoms. The van der Waals surface area contributed by atoms with Gasteiger partial charge in [0.25, 0.3) is 0 Å². The van der Waals surface area contributed by atoms with E-state index in [9.17, 15) is 8.42 Å². The summed E-state index contributed by atoms with van der Waals surface area (Å²) in [6, 6.07) is 16.9. The average molecular weight is 285 g/mol. The molecule has 1 aliphatic heterocycles. The molecule has 102 valence electrons. The van der Waals surface area contributed by atoms with E-state index >= 15 is 0 Å². The van der Waals surface area contributed by atoms with Crippen molar-refractivity contribution < 1.29 is 8.42 Å². The van der Waals surface area contributed by atoms with E-state index in [0.717, 1.165) is 16.8 Å². The lowest BCUT2D eigenvalue weighted by molar-refractivity contribution is 0.592. The minimum atomic E-state index is -3.35.